The van der Waals surface area contributed by atoms with E-state index in [1.54, 1.807) is 16.8 Å². The highest BCUT2D eigenvalue weighted by Crippen LogP contribution is 2.22. The van der Waals surface area contributed by atoms with Crippen LogP contribution in [0.1, 0.15) is 5.56 Å². The second-order valence-corrected chi connectivity index (χ2v) is 4.69. The normalized spacial score (nSPS) is 10.7. The molecule has 7 nitrogen and oxygen atoms in total. The predicted octanol–water partition coefficient (Wildman–Crippen LogP) is 2.72. The molecule has 0 aliphatic rings. The van der Waals surface area contributed by atoms with Gasteiger partial charge < -0.3 is 5.32 Å². The first-order valence-electron chi connectivity index (χ1n) is 6.42. The summed E-state index contributed by atoms with van der Waals surface area (Å²) < 4.78 is 1.60. The van der Waals surface area contributed by atoms with Gasteiger partial charge in [-0.25, -0.2) is 4.68 Å². The van der Waals surface area contributed by atoms with Crippen LogP contribution >= 0.6 is 0 Å². The van der Waals surface area contributed by atoms with E-state index in [1.807, 2.05) is 31.2 Å². The van der Waals surface area contributed by atoms with E-state index in [4.69, 9.17) is 0 Å². The number of nitrogens with zero attached hydrogens (tertiary/aromatic N) is 4. The van der Waals surface area contributed by atoms with Crippen molar-refractivity contribution in [3.8, 4) is 0 Å². The molecule has 3 aromatic rings. The highest BCUT2D eigenvalue weighted by Gasteiger charge is 2.16. The molecule has 0 unspecified atom stereocenters. The Morgan fingerprint density at radius 3 is 2.71 bits per heavy atom. The number of nitro groups is 1. The lowest BCUT2D eigenvalue weighted by molar-refractivity contribution is -0.383. The third-order valence-electron chi connectivity index (χ3n) is 3.21. The molecule has 0 spiro atoms. The Balaban J connectivity index is 1.86. The SMILES string of the molecule is Cc1ccc(NCn2nnc3c([N+](=O)[O-])cccc32)cc1. The van der Waals surface area contributed by atoms with Crippen LogP contribution in [-0.4, -0.2) is 19.9 Å². The molecule has 0 aliphatic carbocycles. The van der Waals surface area contributed by atoms with Gasteiger partial charge in [0.15, 0.2) is 5.52 Å². The first-order chi connectivity index (χ1) is 10.1. The van der Waals surface area contributed by atoms with Crippen molar-refractivity contribution < 1.29 is 4.92 Å². The van der Waals surface area contributed by atoms with Crippen molar-refractivity contribution in [3.63, 3.8) is 0 Å². The monoisotopic (exact) mass is 283 g/mol. The predicted molar refractivity (Wildman–Crippen MR) is 79.0 cm³/mol. The maximum atomic E-state index is 10.9. The zero-order valence-electron chi connectivity index (χ0n) is 11.4. The van der Waals surface area contributed by atoms with Gasteiger partial charge in [-0.05, 0) is 25.1 Å². The van der Waals surface area contributed by atoms with E-state index >= 15 is 0 Å². The Labute approximate surface area is 120 Å². The molecule has 0 saturated heterocycles. The fraction of sp³-hybridized carbons (Fsp3) is 0.143. The van der Waals surface area contributed by atoms with Crippen LogP contribution in [0.15, 0.2) is 42.5 Å². The van der Waals surface area contributed by atoms with Crippen LogP contribution in [0, 0.1) is 17.0 Å². The summed E-state index contributed by atoms with van der Waals surface area (Å²) in [5, 5.41) is 22.0. The molecular weight excluding hydrogens is 270 g/mol. The Hall–Kier alpha value is -2.96. The van der Waals surface area contributed by atoms with Crippen LogP contribution in [0.25, 0.3) is 11.0 Å². The van der Waals surface area contributed by atoms with Crippen molar-refractivity contribution in [1.29, 1.82) is 0 Å². The van der Waals surface area contributed by atoms with E-state index in [2.05, 4.69) is 15.6 Å². The van der Waals surface area contributed by atoms with Crippen molar-refractivity contribution in [1.82, 2.24) is 15.0 Å². The minimum absolute atomic E-state index is 0.0333. The van der Waals surface area contributed by atoms with Crippen LogP contribution < -0.4 is 5.32 Å². The summed E-state index contributed by atoms with van der Waals surface area (Å²) in [6, 6.07) is 12.8. The van der Waals surface area contributed by atoms with Gasteiger partial charge in [0.2, 0.25) is 0 Å². The second-order valence-electron chi connectivity index (χ2n) is 4.69. The summed E-state index contributed by atoms with van der Waals surface area (Å²) in [6.07, 6.45) is 0. The van der Waals surface area contributed by atoms with Crippen LogP contribution in [0.2, 0.25) is 0 Å². The number of hydrogen-bond donors (Lipinski definition) is 1. The van der Waals surface area contributed by atoms with Gasteiger partial charge in [0.05, 0.1) is 10.4 Å². The minimum atomic E-state index is -0.450. The van der Waals surface area contributed by atoms with E-state index in [-0.39, 0.29) is 5.69 Å². The summed E-state index contributed by atoms with van der Waals surface area (Å²) in [6.45, 7) is 2.41. The summed E-state index contributed by atoms with van der Waals surface area (Å²) in [7, 11) is 0. The molecule has 106 valence electrons. The molecule has 1 N–H and O–H groups in total. The number of nitro benzene ring substituents is 1. The highest BCUT2D eigenvalue weighted by molar-refractivity contribution is 5.83. The number of anilines is 1. The molecule has 1 heterocycles. The van der Waals surface area contributed by atoms with Crippen molar-refractivity contribution in [3.05, 3.63) is 58.1 Å². The molecule has 21 heavy (non-hydrogen) atoms. The fourth-order valence-electron chi connectivity index (χ4n) is 2.08. The average Bonchev–Trinajstić information content (AvgIpc) is 2.89. The smallest absolute Gasteiger partial charge is 0.299 e. The Bertz CT molecular complexity index is 795. The number of aryl methyl sites for hydroxylation is 1. The third kappa shape index (κ3) is 2.53. The molecule has 0 fully saturated rings. The lowest BCUT2D eigenvalue weighted by Gasteiger charge is -2.07. The number of aromatic nitrogens is 3. The number of fused-ring (bicyclic) bond motifs is 1. The van der Waals surface area contributed by atoms with Gasteiger partial charge in [-0.2, -0.15) is 0 Å². The molecule has 2 aromatic carbocycles. The molecule has 1 aromatic heterocycles. The van der Waals surface area contributed by atoms with E-state index in [0.717, 1.165) is 5.69 Å². The largest absolute Gasteiger partial charge is 0.366 e. The lowest BCUT2D eigenvalue weighted by atomic mass is 10.2. The summed E-state index contributed by atoms with van der Waals surface area (Å²) >= 11 is 0. The van der Waals surface area contributed by atoms with E-state index < -0.39 is 4.92 Å². The summed E-state index contributed by atoms with van der Waals surface area (Å²) in [5.74, 6) is 0. The zero-order chi connectivity index (χ0) is 14.8. The van der Waals surface area contributed by atoms with Crippen molar-refractivity contribution >= 4 is 22.4 Å². The first-order valence-corrected chi connectivity index (χ1v) is 6.42. The Kier molecular flexibility index (Phi) is 3.23. The molecular formula is C14H13N5O2. The molecule has 0 bridgehead atoms. The van der Waals surface area contributed by atoms with Crippen LogP contribution in [0.3, 0.4) is 0 Å². The maximum Gasteiger partial charge on any atom is 0.299 e. The average molecular weight is 283 g/mol. The number of non-ortho nitro benzene ring substituents is 1. The molecule has 3 rings (SSSR count). The van der Waals surface area contributed by atoms with Gasteiger partial charge in [0, 0.05) is 11.8 Å². The topological polar surface area (TPSA) is 85.9 Å². The number of benzene rings is 2. The highest BCUT2D eigenvalue weighted by atomic mass is 16.6. The quantitative estimate of drug-likeness (QED) is 0.587. The standard InChI is InChI=1S/C14H13N5O2/c1-10-5-7-11(8-6-10)15-9-18-12-3-2-4-13(19(20)21)14(12)16-17-18/h2-8,15H,9H2,1H3. The van der Waals surface area contributed by atoms with E-state index in [9.17, 15) is 10.1 Å². The van der Waals surface area contributed by atoms with Gasteiger partial charge in [-0.1, -0.05) is 29.0 Å². The molecule has 0 aliphatic heterocycles. The Morgan fingerprint density at radius 1 is 1.24 bits per heavy atom. The summed E-state index contributed by atoms with van der Waals surface area (Å²) in [5.41, 5.74) is 3.03. The molecule has 0 amide bonds. The van der Waals surface area contributed by atoms with Crippen LogP contribution in [0.5, 0.6) is 0 Å². The molecule has 0 atom stereocenters. The van der Waals surface area contributed by atoms with Gasteiger partial charge in [0.25, 0.3) is 5.69 Å². The fourth-order valence-corrected chi connectivity index (χ4v) is 2.08. The van der Waals surface area contributed by atoms with Crippen molar-refractivity contribution in [2.24, 2.45) is 0 Å². The van der Waals surface area contributed by atoms with Gasteiger partial charge in [-0.15, -0.1) is 5.10 Å². The lowest BCUT2D eigenvalue weighted by Crippen LogP contribution is -2.09. The molecule has 0 radical (unpaired) electrons. The summed E-state index contributed by atoms with van der Waals surface area (Å²) in [4.78, 5) is 10.5. The van der Waals surface area contributed by atoms with Gasteiger partial charge >= 0.3 is 0 Å². The second kappa shape index (κ2) is 5.20. The first kappa shape index (κ1) is 13.0. The van der Waals surface area contributed by atoms with Gasteiger partial charge in [0.1, 0.15) is 6.67 Å². The molecule has 7 heteroatoms. The maximum absolute atomic E-state index is 10.9. The molecule has 0 saturated carbocycles. The van der Waals surface area contributed by atoms with Crippen LogP contribution in [-0.2, 0) is 6.67 Å². The van der Waals surface area contributed by atoms with E-state index in [0.29, 0.717) is 17.7 Å². The zero-order valence-corrected chi connectivity index (χ0v) is 11.4. The Morgan fingerprint density at radius 2 is 2.00 bits per heavy atom. The van der Waals surface area contributed by atoms with Gasteiger partial charge in [-0.3, -0.25) is 10.1 Å². The minimum Gasteiger partial charge on any atom is -0.366 e. The number of nitrogens with one attached hydrogen (secondary N) is 1. The number of hydrogen-bond acceptors (Lipinski definition) is 5. The van der Waals surface area contributed by atoms with Crippen molar-refractivity contribution in [2.45, 2.75) is 13.6 Å². The van der Waals surface area contributed by atoms with Crippen LogP contribution in [0.4, 0.5) is 11.4 Å². The number of rotatable bonds is 4. The third-order valence-corrected chi connectivity index (χ3v) is 3.21. The van der Waals surface area contributed by atoms with Crippen molar-refractivity contribution in [2.75, 3.05) is 5.32 Å². The van der Waals surface area contributed by atoms with E-state index in [1.165, 1.54) is 11.6 Å².